The number of aromatic nitrogens is 4. The van der Waals surface area contributed by atoms with Gasteiger partial charge >= 0.3 is 6.18 Å². The van der Waals surface area contributed by atoms with Crippen molar-refractivity contribution >= 4 is 23.2 Å². The number of pyridine rings is 1. The quantitative estimate of drug-likeness (QED) is 0.669. The molecule has 0 amide bonds. The summed E-state index contributed by atoms with van der Waals surface area (Å²) in [7, 11) is 0. The summed E-state index contributed by atoms with van der Waals surface area (Å²) in [6, 6.07) is 6.39. The lowest BCUT2D eigenvalue weighted by Gasteiger charge is -2.12. The summed E-state index contributed by atoms with van der Waals surface area (Å²) in [6.07, 6.45) is -0.708. The lowest BCUT2D eigenvalue weighted by Crippen LogP contribution is -2.05. The summed E-state index contributed by atoms with van der Waals surface area (Å²) < 4.78 is 39.2. The van der Waals surface area contributed by atoms with E-state index in [1.54, 1.807) is 30.6 Å². The summed E-state index contributed by atoms with van der Waals surface area (Å²) in [4.78, 5) is 3.91. The highest BCUT2D eigenvalue weighted by molar-refractivity contribution is 6.36. The van der Waals surface area contributed by atoms with Gasteiger partial charge in [0.1, 0.15) is 0 Å². The molecule has 0 saturated heterocycles. The van der Waals surface area contributed by atoms with Gasteiger partial charge in [0.05, 0.1) is 16.9 Å². The van der Waals surface area contributed by atoms with Crippen molar-refractivity contribution in [3.8, 4) is 16.8 Å². The molecule has 4 nitrogen and oxygen atoms in total. The minimum Gasteiger partial charge on any atom is -0.265 e. The first kappa shape index (κ1) is 15.8. The predicted molar refractivity (Wildman–Crippen MR) is 79.6 cm³/mol. The fourth-order valence-electron chi connectivity index (χ4n) is 2.05. The molecule has 2 heterocycles. The van der Waals surface area contributed by atoms with Crippen molar-refractivity contribution in [2.75, 3.05) is 0 Å². The molecule has 3 aromatic rings. The van der Waals surface area contributed by atoms with Crippen LogP contribution in [0.3, 0.4) is 0 Å². The average Bonchev–Trinajstić information content (AvgIpc) is 2.97. The van der Waals surface area contributed by atoms with E-state index < -0.39 is 11.9 Å². The highest BCUT2D eigenvalue weighted by Crippen LogP contribution is 2.36. The summed E-state index contributed by atoms with van der Waals surface area (Å²) in [6.45, 7) is 0. The molecule has 0 aliphatic rings. The Labute approximate surface area is 138 Å². The van der Waals surface area contributed by atoms with Crippen molar-refractivity contribution in [2.24, 2.45) is 0 Å². The van der Waals surface area contributed by atoms with E-state index in [2.05, 4.69) is 15.3 Å². The van der Waals surface area contributed by atoms with Crippen molar-refractivity contribution in [1.82, 2.24) is 20.0 Å². The van der Waals surface area contributed by atoms with E-state index in [-0.39, 0.29) is 10.7 Å². The van der Waals surface area contributed by atoms with Crippen molar-refractivity contribution in [3.05, 3.63) is 58.6 Å². The van der Waals surface area contributed by atoms with E-state index in [1.807, 2.05) is 0 Å². The summed E-state index contributed by atoms with van der Waals surface area (Å²) in [5, 5.41) is 7.18. The molecule has 0 aliphatic heterocycles. The molecule has 0 unspecified atom stereocenters. The zero-order valence-electron chi connectivity index (χ0n) is 11.2. The van der Waals surface area contributed by atoms with E-state index in [0.29, 0.717) is 16.1 Å². The largest absolute Gasteiger partial charge is 0.436 e. The van der Waals surface area contributed by atoms with Gasteiger partial charge in [0.15, 0.2) is 5.69 Å². The van der Waals surface area contributed by atoms with Crippen LogP contribution in [0.4, 0.5) is 13.2 Å². The normalized spacial score (nSPS) is 11.7. The van der Waals surface area contributed by atoms with Crippen LogP contribution in [0.5, 0.6) is 0 Å². The van der Waals surface area contributed by atoms with Crippen molar-refractivity contribution in [2.45, 2.75) is 6.18 Å². The molecule has 0 saturated carbocycles. The second-order valence-corrected chi connectivity index (χ2v) is 5.41. The first-order valence-corrected chi connectivity index (χ1v) is 7.01. The highest BCUT2D eigenvalue weighted by Gasteiger charge is 2.35. The minimum absolute atomic E-state index is 0.155. The third kappa shape index (κ3) is 3.16. The number of hydrogen-bond acceptors (Lipinski definition) is 3. The number of benzene rings is 1. The third-order valence-electron chi connectivity index (χ3n) is 3.03. The van der Waals surface area contributed by atoms with Gasteiger partial charge in [-0.1, -0.05) is 28.4 Å². The van der Waals surface area contributed by atoms with Crippen LogP contribution < -0.4 is 0 Å². The second-order valence-electron chi connectivity index (χ2n) is 4.57. The van der Waals surface area contributed by atoms with Crippen LogP contribution in [-0.4, -0.2) is 20.0 Å². The number of hydrogen-bond donors (Lipinski definition) is 0. The van der Waals surface area contributed by atoms with Gasteiger partial charge < -0.3 is 0 Å². The van der Waals surface area contributed by atoms with Crippen LogP contribution >= 0.6 is 23.2 Å². The Morgan fingerprint density at radius 3 is 2.35 bits per heavy atom. The molecule has 0 spiro atoms. The molecule has 3 rings (SSSR count). The maximum absolute atomic E-state index is 12.7. The van der Waals surface area contributed by atoms with Gasteiger partial charge in [0.2, 0.25) is 0 Å². The molecule has 0 atom stereocenters. The molecule has 1 aromatic carbocycles. The van der Waals surface area contributed by atoms with E-state index >= 15 is 0 Å². The van der Waals surface area contributed by atoms with E-state index in [1.165, 1.54) is 6.07 Å². The standard InChI is InChI=1S/C14H7Cl2F3N4/c15-9-5-10(8-1-3-20-4-2-8)13(11(16)6-9)23-7-12(21-22-23)14(17,18)19/h1-7H. The van der Waals surface area contributed by atoms with Crippen molar-refractivity contribution in [3.63, 3.8) is 0 Å². The van der Waals surface area contributed by atoms with Gasteiger partial charge in [-0.2, -0.15) is 13.2 Å². The number of nitrogens with zero attached hydrogens (tertiary/aromatic N) is 4. The van der Waals surface area contributed by atoms with Gasteiger partial charge in [-0.25, -0.2) is 4.68 Å². The Kier molecular flexibility index (Phi) is 3.99. The minimum atomic E-state index is -4.59. The Hall–Kier alpha value is -2.12. The van der Waals surface area contributed by atoms with E-state index in [9.17, 15) is 13.2 Å². The Balaban J connectivity index is 2.21. The highest BCUT2D eigenvalue weighted by atomic mass is 35.5. The zero-order chi connectivity index (χ0) is 16.6. The fourth-order valence-corrected chi connectivity index (χ4v) is 2.63. The zero-order valence-corrected chi connectivity index (χ0v) is 12.7. The molecule has 23 heavy (non-hydrogen) atoms. The summed E-state index contributed by atoms with van der Waals surface area (Å²) >= 11 is 12.2. The Morgan fingerprint density at radius 1 is 1.04 bits per heavy atom. The Morgan fingerprint density at radius 2 is 1.74 bits per heavy atom. The van der Waals surface area contributed by atoms with Crippen LogP contribution in [0.1, 0.15) is 5.69 Å². The molecule has 0 bridgehead atoms. The van der Waals surface area contributed by atoms with Gasteiger partial charge in [0.25, 0.3) is 0 Å². The van der Waals surface area contributed by atoms with Crippen LogP contribution in [0.2, 0.25) is 10.0 Å². The molecular weight excluding hydrogens is 352 g/mol. The maximum Gasteiger partial charge on any atom is 0.436 e. The van der Waals surface area contributed by atoms with Gasteiger partial charge in [-0.3, -0.25) is 4.98 Å². The van der Waals surface area contributed by atoms with Gasteiger partial charge in [-0.05, 0) is 29.8 Å². The molecule has 0 N–H and O–H groups in total. The third-order valence-corrected chi connectivity index (χ3v) is 3.54. The summed E-state index contributed by atoms with van der Waals surface area (Å²) in [5.41, 5.74) is 0.349. The van der Waals surface area contributed by atoms with Crippen molar-refractivity contribution < 1.29 is 13.2 Å². The first-order valence-electron chi connectivity index (χ1n) is 6.25. The molecule has 0 fully saturated rings. The Bertz CT molecular complexity index is 847. The van der Waals surface area contributed by atoms with E-state index in [4.69, 9.17) is 23.2 Å². The van der Waals surface area contributed by atoms with Crippen LogP contribution in [0.25, 0.3) is 16.8 Å². The van der Waals surface area contributed by atoms with Crippen LogP contribution in [0, 0.1) is 0 Å². The molecule has 0 radical (unpaired) electrons. The molecular formula is C14H7Cl2F3N4. The smallest absolute Gasteiger partial charge is 0.265 e. The SMILES string of the molecule is FC(F)(F)c1cn(-c2c(Cl)cc(Cl)cc2-c2ccncc2)nn1. The molecule has 118 valence electrons. The topological polar surface area (TPSA) is 43.6 Å². The van der Waals surface area contributed by atoms with E-state index in [0.717, 1.165) is 10.9 Å². The fraction of sp³-hybridized carbons (Fsp3) is 0.0714. The first-order chi connectivity index (χ1) is 10.9. The molecule has 0 aliphatic carbocycles. The van der Waals surface area contributed by atoms with Crippen LogP contribution in [-0.2, 0) is 6.18 Å². The van der Waals surface area contributed by atoms with Gasteiger partial charge in [-0.15, -0.1) is 5.10 Å². The second kappa shape index (κ2) is 5.82. The number of halogens is 5. The molecule has 2 aromatic heterocycles. The maximum atomic E-state index is 12.7. The average molecular weight is 359 g/mol. The van der Waals surface area contributed by atoms with Crippen LogP contribution in [0.15, 0.2) is 42.9 Å². The lowest BCUT2D eigenvalue weighted by molar-refractivity contribution is -0.141. The monoisotopic (exact) mass is 358 g/mol. The van der Waals surface area contributed by atoms with Gasteiger partial charge in [0, 0.05) is 23.0 Å². The van der Waals surface area contributed by atoms with Crippen molar-refractivity contribution in [1.29, 1.82) is 0 Å². The predicted octanol–water partition coefficient (Wildman–Crippen LogP) is 4.65. The number of alkyl halides is 3. The lowest BCUT2D eigenvalue weighted by atomic mass is 10.0. The number of rotatable bonds is 2. The molecule has 9 heteroatoms. The summed E-state index contributed by atoms with van der Waals surface area (Å²) in [5.74, 6) is 0.